The molecule has 34 heavy (non-hydrogen) atoms. The molecule has 9 nitrogen and oxygen atoms in total. The van der Waals surface area contributed by atoms with Crippen molar-refractivity contribution in [3.63, 3.8) is 0 Å². The minimum absolute atomic E-state index is 0.0512. The average Bonchev–Trinajstić information content (AvgIpc) is 3.31. The molecule has 0 radical (unpaired) electrons. The number of hydrogen-bond donors (Lipinski definition) is 1. The van der Waals surface area contributed by atoms with E-state index in [0.29, 0.717) is 30.2 Å². The molecule has 1 aliphatic rings. The lowest BCUT2D eigenvalue weighted by Crippen LogP contribution is -2.52. The second kappa shape index (κ2) is 11.2. The van der Waals surface area contributed by atoms with Gasteiger partial charge in [-0.15, -0.1) is 0 Å². The van der Waals surface area contributed by atoms with Gasteiger partial charge in [-0.1, -0.05) is 30.3 Å². The molecule has 0 spiro atoms. The number of hydrogen-bond acceptors (Lipinski definition) is 6. The number of amides is 2. The molecular formula is C24H31N3O6S. The highest BCUT2D eigenvalue weighted by molar-refractivity contribution is 7.92. The maximum atomic E-state index is 13.5. The predicted octanol–water partition coefficient (Wildman–Crippen LogP) is 2.17. The lowest BCUT2D eigenvalue weighted by Gasteiger charge is -2.31. The van der Waals surface area contributed by atoms with Crippen LogP contribution in [0.15, 0.2) is 48.5 Å². The van der Waals surface area contributed by atoms with Gasteiger partial charge in [0, 0.05) is 19.2 Å². The van der Waals surface area contributed by atoms with Gasteiger partial charge in [-0.3, -0.25) is 13.9 Å². The van der Waals surface area contributed by atoms with Gasteiger partial charge in [-0.05, 0) is 44.9 Å². The van der Waals surface area contributed by atoms with Crippen LogP contribution in [0.25, 0.3) is 0 Å². The molecule has 0 saturated heterocycles. The van der Waals surface area contributed by atoms with E-state index in [1.165, 1.54) is 11.8 Å². The molecule has 0 bridgehead atoms. The van der Waals surface area contributed by atoms with E-state index in [9.17, 15) is 18.0 Å². The lowest BCUT2D eigenvalue weighted by atomic mass is 10.1. The van der Waals surface area contributed by atoms with Crippen molar-refractivity contribution in [3.8, 4) is 11.5 Å². The van der Waals surface area contributed by atoms with Crippen molar-refractivity contribution in [2.45, 2.75) is 33.2 Å². The number of carbonyl (C=O) groups is 2. The Morgan fingerprint density at radius 3 is 2.44 bits per heavy atom. The van der Waals surface area contributed by atoms with Crippen LogP contribution in [-0.2, 0) is 26.0 Å². The Balaban J connectivity index is 1.87. The SMILES string of the molecule is CCNC(=O)C(C)N(CCc1ccccc1)C(=O)CN(c1ccc2c(c1)OCO2)S(=O)(=O)CC. The van der Waals surface area contributed by atoms with Gasteiger partial charge < -0.3 is 19.7 Å². The number of carbonyl (C=O) groups excluding carboxylic acids is 2. The third kappa shape index (κ3) is 5.99. The molecule has 10 heteroatoms. The first kappa shape index (κ1) is 25.4. The van der Waals surface area contributed by atoms with Gasteiger partial charge in [0.15, 0.2) is 11.5 Å². The van der Waals surface area contributed by atoms with Crippen molar-refractivity contribution >= 4 is 27.5 Å². The van der Waals surface area contributed by atoms with Crippen LogP contribution in [0.4, 0.5) is 5.69 Å². The number of nitrogens with zero attached hydrogens (tertiary/aromatic N) is 2. The molecule has 1 unspecified atom stereocenters. The monoisotopic (exact) mass is 489 g/mol. The minimum Gasteiger partial charge on any atom is -0.454 e. The Hall–Kier alpha value is -3.27. The molecule has 2 aromatic carbocycles. The van der Waals surface area contributed by atoms with Gasteiger partial charge in [0.05, 0.1) is 11.4 Å². The van der Waals surface area contributed by atoms with Crippen molar-refractivity contribution < 1.29 is 27.5 Å². The first-order valence-corrected chi connectivity index (χ1v) is 12.9. The molecular weight excluding hydrogens is 458 g/mol. The summed E-state index contributed by atoms with van der Waals surface area (Å²) in [5.74, 6) is -0.0256. The van der Waals surface area contributed by atoms with Crippen LogP contribution >= 0.6 is 0 Å². The molecule has 1 N–H and O–H groups in total. The largest absolute Gasteiger partial charge is 0.454 e. The molecule has 0 saturated carbocycles. The van der Waals surface area contributed by atoms with E-state index >= 15 is 0 Å². The van der Waals surface area contributed by atoms with E-state index in [0.717, 1.165) is 9.87 Å². The zero-order valence-corrected chi connectivity index (χ0v) is 20.5. The quantitative estimate of drug-likeness (QED) is 0.519. The van der Waals surface area contributed by atoms with Crippen LogP contribution in [0.3, 0.4) is 0 Å². The summed E-state index contributed by atoms with van der Waals surface area (Å²) >= 11 is 0. The van der Waals surface area contributed by atoms with Crippen molar-refractivity contribution in [2.75, 3.05) is 36.5 Å². The molecule has 0 aliphatic carbocycles. The Morgan fingerprint density at radius 1 is 1.06 bits per heavy atom. The van der Waals surface area contributed by atoms with E-state index < -0.39 is 28.5 Å². The zero-order chi connectivity index (χ0) is 24.7. The van der Waals surface area contributed by atoms with Gasteiger partial charge in [-0.25, -0.2) is 8.42 Å². The predicted molar refractivity (Wildman–Crippen MR) is 129 cm³/mol. The Bertz CT molecular complexity index is 1110. The summed E-state index contributed by atoms with van der Waals surface area (Å²) in [6, 6.07) is 13.6. The number of fused-ring (bicyclic) bond motifs is 1. The van der Waals surface area contributed by atoms with Crippen molar-refractivity contribution in [1.29, 1.82) is 0 Å². The fraction of sp³-hybridized carbons (Fsp3) is 0.417. The summed E-state index contributed by atoms with van der Waals surface area (Å²) in [7, 11) is -3.79. The average molecular weight is 490 g/mol. The third-order valence-electron chi connectivity index (χ3n) is 5.63. The summed E-state index contributed by atoms with van der Waals surface area (Å²) in [6.45, 7) is 5.27. The lowest BCUT2D eigenvalue weighted by molar-refractivity contribution is -0.138. The highest BCUT2D eigenvalue weighted by atomic mass is 32.2. The fourth-order valence-electron chi connectivity index (χ4n) is 3.65. The summed E-state index contributed by atoms with van der Waals surface area (Å²) in [4.78, 5) is 27.5. The Labute approximate surface area is 200 Å². The standard InChI is InChI=1S/C24H31N3O6S/c1-4-25-24(29)18(3)26(14-13-19-9-7-6-8-10-19)23(28)16-27(34(30,31)5-2)20-11-12-21-22(15-20)33-17-32-21/h6-12,15,18H,4-5,13-14,16-17H2,1-3H3,(H,25,29). The second-order valence-corrected chi connectivity index (χ2v) is 10.0. The van der Waals surface area contributed by atoms with Crippen molar-refractivity contribution in [2.24, 2.45) is 0 Å². The molecule has 3 rings (SSSR count). The summed E-state index contributed by atoms with van der Waals surface area (Å²) < 4.78 is 37.7. The molecule has 1 heterocycles. The zero-order valence-electron chi connectivity index (χ0n) is 19.7. The van der Waals surface area contributed by atoms with E-state index in [4.69, 9.17) is 9.47 Å². The van der Waals surface area contributed by atoms with E-state index in [-0.39, 0.29) is 25.0 Å². The first-order chi connectivity index (χ1) is 16.3. The van der Waals surface area contributed by atoms with Crippen LogP contribution in [0.1, 0.15) is 26.3 Å². The molecule has 1 atom stereocenters. The number of likely N-dealkylation sites (N-methyl/N-ethyl adjacent to an activating group) is 1. The molecule has 184 valence electrons. The molecule has 1 aliphatic heterocycles. The molecule has 0 aromatic heterocycles. The van der Waals surface area contributed by atoms with Crippen LogP contribution in [-0.4, -0.2) is 63.4 Å². The summed E-state index contributed by atoms with van der Waals surface area (Å²) in [5.41, 5.74) is 1.31. The number of benzene rings is 2. The number of nitrogens with one attached hydrogen (secondary N) is 1. The summed E-state index contributed by atoms with van der Waals surface area (Å²) in [6.07, 6.45) is 0.529. The van der Waals surface area contributed by atoms with Gasteiger partial charge in [0.2, 0.25) is 28.6 Å². The minimum atomic E-state index is -3.79. The number of ether oxygens (including phenoxy) is 2. The van der Waals surface area contributed by atoms with Crippen molar-refractivity contribution in [1.82, 2.24) is 10.2 Å². The van der Waals surface area contributed by atoms with Crippen LogP contribution in [0, 0.1) is 0 Å². The highest BCUT2D eigenvalue weighted by Gasteiger charge is 2.31. The Morgan fingerprint density at radius 2 is 1.76 bits per heavy atom. The number of anilines is 1. The van der Waals surface area contributed by atoms with E-state index in [1.54, 1.807) is 32.0 Å². The van der Waals surface area contributed by atoms with Crippen LogP contribution < -0.4 is 19.1 Å². The molecule has 2 aromatic rings. The molecule has 2 amide bonds. The number of sulfonamides is 1. The van der Waals surface area contributed by atoms with Crippen LogP contribution in [0.5, 0.6) is 11.5 Å². The smallest absolute Gasteiger partial charge is 0.244 e. The maximum Gasteiger partial charge on any atom is 0.244 e. The number of rotatable bonds is 11. The fourth-order valence-corrected chi connectivity index (χ4v) is 4.71. The maximum absolute atomic E-state index is 13.5. The van der Waals surface area contributed by atoms with Crippen molar-refractivity contribution in [3.05, 3.63) is 54.1 Å². The van der Waals surface area contributed by atoms with Gasteiger partial charge >= 0.3 is 0 Å². The second-order valence-electron chi connectivity index (χ2n) is 7.84. The summed E-state index contributed by atoms with van der Waals surface area (Å²) in [5, 5.41) is 2.74. The Kier molecular flexibility index (Phi) is 8.38. The van der Waals surface area contributed by atoms with Gasteiger partial charge in [0.1, 0.15) is 12.6 Å². The van der Waals surface area contributed by atoms with Gasteiger partial charge in [-0.2, -0.15) is 0 Å². The van der Waals surface area contributed by atoms with Gasteiger partial charge in [0.25, 0.3) is 0 Å². The van der Waals surface area contributed by atoms with Crippen LogP contribution in [0.2, 0.25) is 0 Å². The normalized spacial score (nSPS) is 13.3. The third-order valence-corrected chi connectivity index (χ3v) is 7.37. The topological polar surface area (TPSA) is 105 Å². The first-order valence-electron chi connectivity index (χ1n) is 11.3. The van der Waals surface area contributed by atoms with E-state index in [2.05, 4.69) is 5.32 Å². The van der Waals surface area contributed by atoms with E-state index in [1.807, 2.05) is 30.3 Å². The highest BCUT2D eigenvalue weighted by Crippen LogP contribution is 2.36. The molecule has 0 fully saturated rings.